The second kappa shape index (κ2) is 11.2. The molecule has 2 aliphatic heterocycles. The Labute approximate surface area is 214 Å². The molecule has 0 aromatic heterocycles. The standard InChI is InChI=1S/C27H36N4O4S/c32-27(31-16-18-35-19-17-31)23-8-11-26(30-14-12-28-13-15-30)25(20-23)29-36(33,34)24-9-6-22(7-10-24)21-4-2-1-3-5-21/h6-11,20-21,28-29H,1-5,12-19H2. The third-order valence-electron chi connectivity index (χ3n) is 7.51. The van der Waals surface area contributed by atoms with Crippen molar-refractivity contribution in [2.45, 2.75) is 42.9 Å². The number of rotatable bonds is 6. The number of hydrogen-bond donors (Lipinski definition) is 2. The lowest BCUT2D eigenvalue weighted by Crippen LogP contribution is -2.44. The molecular formula is C27H36N4O4S. The molecule has 2 aromatic carbocycles. The minimum absolute atomic E-state index is 0.109. The van der Waals surface area contributed by atoms with Crippen LogP contribution in [0, 0.1) is 0 Å². The molecule has 36 heavy (non-hydrogen) atoms. The normalized spacial score (nSPS) is 19.8. The molecule has 3 fully saturated rings. The lowest BCUT2D eigenvalue weighted by molar-refractivity contribution is 0.0303. The highest BCUT2D eigenvalue weighted by Crippen LogP contribution is 2.34. The van der Waals surface area contributed by atoms with E-state index in [1.165, 1.54) is 37.7 Å². The van der Waals surface area contributed by atoms with Gasteiger partial charge in [-0.25, -0.2) is 8.42 Å². The molecule has 2 heterocycles. The van der Waals surface area contributed by atoms with E-state index < -0.39 is 10.0 Å². The molecule has 0 unspecified atom stereocenters. The number of nitrogens with zero attached hydrogens (tertiary/aromatic N) is 2. The van der Waals surface area contributed by atoms with Crippen molar-refractivity contribution in [1.82, 2.24) is 10.2 Å². The average Bonchev–Trinajstić information content (AvgIpc) is 2.94. The highest BCUT2D eigenvalue weighted by molar-refractivity contribution is 7.92. The first kappa shape index (κ1) is 25.0. The average molecular weight is 513 g/mol. The highest BCUT2D eigenvalue weighted by atomic mass is 32.2. The van der Waals surface area contributed by atoms with Gasteiger partial charge in [0.15, 0.2) is 0 Å². The maximum Gasteiger partial charge on any atom is 0.261 e. The third-order valence-corrected chi connectivity index (χ3v) is 8.89. The summed E-state index contributed by atoms with van der Waals surface area (Å²) >= 11 is 0. The number of piperazine rings is 1. The Morgan fingerprint density at radius 3 is 2.31 bits per heavy atom. The van der Waals surface area contributed by atoms with Gasteiger partial charge in [0.2, 0.25) is 0 Å². The number of sulfonamides is 1. The first-order valence-corrected chi connectivity index (χ1v) is 14.6. The fraction of sp³-hybridized carbons (Fsp3) is 0.519. The number of anilines is 2. The molecule has 5 rings (SSSR count). The van der Waals surface area contributed by atoms with E-state index in [9.17, 15) is 13.2 Å². The predicted molar refractivity (Wildman–Crippen MR) is 141 cm³/mol. The molecule has 9 heteroatoms. The highest BCUT2D eigenvalue weighted by Gasteiger charge is 2.24. The molecule has 0 atom stereocenters. The predicted octanol–water partition coefficient (Wildman–Crippen LogP) is 3.42. The second-order valence-electron chi connectivity index (χ2n) is 9.88. The summed E-state index contributed by atoms with van der Waals surface area (Å²) in [5.74, 6) is 0.410. The summed E-state index contributed by atoms with van der Waals surface area (Å²) < 4.78 is 35.1. The van der Waals surface area contributed by atoms with E-state index in [1.807, 2.05) is 18.2 Å². The Bertz CT molecular complexity index is 1150. The number of carbonyl (C=O) groups is 1. The van der Waals surface area contributed by atoms with Crippen molar-refractivity contribution in [2.24, 2.45) is 0 Å². The SMILES string of the molecule is O=C(c1ccc(N2CCNCC2)c(NS(=O)(=O)c2ccc(C3CCCCC3)cc2)c1)N1CCOCC1. The van der Waals surface area contributed by atoms with E-state index in [-0.39, 0.29) is 10.8 Å². The van der Waals surface area contributed by atoms with Crippen molar-refractivity contribution in [3.05, 3.63) is 53.6 Å². The quantitative estimate of drug-likeness (QED) is 0.617. The van der Waals surface area contributed by atoms with Crippen LogP contribution in [0.2, 0.25) is 0 Å². The van der Waals surface area contributed by atoms with Crippen LogP contribution in [0.15, 0.2) is 47.4 Å². The number of ether oxygens (including phenoxy) is 1. The van der Waals surface area contributed by atoms with Crippen LogP contribution < -0.4 is 14.9 Å². The molecule has 1 amide bonds. The summed E-state index contributed by atoms with van der Waals surface area (Å²) in [5.41, 5.74) is 2.92. The summed E-state index contributed by atoms with van der Waals surface area (Å²) in [6.45, 7) is 5.27. The molecule has 2 N–H and O–H groups in total. The third kappa shape index (κ3) is 5.68. The van der Waals surface area contributed by atoms with Gasteiger partial charge >= 0.3 is 0 Å². The summed E-state index contributed by atoms with van der Waals surface area (Å²) in [4.78, 5) is 17.3. The van der Waals surface area contributed by atoms with Crippen molar-refractivity contribution >= 4 is 27.3 Å². The molecule has 1 aliphatic carbocycles. The monoisotopic (exact) mass is 512 g/mol. The minimum Gasteiger partial charge on any atom is -0.378 e. The Morgan fingerprint density at radius 2 is 1.61 bits per heavy atom. The van der Waals surface area contributed by atoms with Crippen LogP contribution in [-0.4, -0.2) is 71.7 Å². The Hall–Kier alpha value is -2.62. The van der Waals surface area contributed by atoms with Gasteiger partial charge in [-0.1, -0.05) is 31.4 Å². The molecule has 2 aromatic rings. The first-order valence-electron chi connectivity index (χ1n) is 13.1. The van der Waals surface area contributed by atoms with Crippen molar-refractivity contribution in [3.63, 3.8) is 0 Å². The van der Waals surface area contributed by atoms with E-state index >= 15 is 0 Å². The Balaban J connectivity index is 1.41. The minimum atomic E-state index is -3.83. The topological polar surface area (TPSA) is 91.0 Å². The zero-order valence-electron chi connectivity index (χ0n) is 20.7. The lowest BCUT2D eigenvalue weighted by atomic mass is 9.84. The number of carbonyl (C=O) groups excluding carboxylic acids is 1. The van der Waals surface area contributed by atoms with E-state index in [0.29, 0.717) is 43.5 Å². The summed E-state index contributed by atoms with van der Waals surface area (Å²) in [6.07, 6.45) is 6.10. The number of morpholine rings is 1. The van der Waals surface area contributed by atoms with Crippen LogP contribution >= 0.6 is 0 Å². The van der Waals surface area contributed by atoms with Crippen molar-refractivity contribution in [1.29, 1.82) is 0 Å². The van der Waals surface area contributed by atoms with Gasteiger partial charge in [0.05, 0.1) is 29.5 Å². The zero-order valence-corrected chi connectivity index (χ0v) is 21.6. The van der Waals surface area contributed by atoms with Crippen LogP contribution in [0.4, 0.5) is 11.4 Å². The summed E-state index contributed by atoms with van der Waals surface area (Å²) in [6, 6.07) is 12.7. The van der Waals surface area contributed by atoms with E-state index in [4.69, 9.17) is 4.74 Å². The van der Waals surface area contributed by atoms with Gasteiger partial charge in [-0.3, -0.25) is 9.52 Å². The maximum absolute atomic E-state index is 13.5. The van der Waals surface area contributed by atoms with Gasteiger partial charge in [0.1, 0.15) is 0 Å². The number of nitrogens with one attached hydrogen (secondary N) is 2. The van der Waals surface area contributed by atoms with E-state index in [0.717, 1.165) is 31.9 Å². The molecular weight excluding hydrogens is 476 g/mol. The number of hydrogen-bond acceptors (Lipinski definition) is 6. The summed E-state index contributed by atoms with van der Waals surface area (Å²) in [5, 5.41) is 3.33. The largest absolute Gasteiger partial charge is 0.378 e. The van der Waals surface area contributed by atoms with Crippen LogP contribution in [0.1, 0.15) is 53.9 Å². The maximum atomic E-state index is 13.5. The van der Waals surface area contributed by atoms with Gasteiger partial charge in [0, 0.05) is 44.8 Å². The van der Waals surface area contributed by atoms with Gasteiger partial charge in [0.25, 0.3) is 15.9 Å². The van der Waals surface area contributed by atoms with Gasteiger partial charge in [-0.2, -0.15) is 0 Å². The Kier molecular flexibility index (Phi) is 7.79. The van der Waals surface area contributed by atoms with Gasteiger partial charge in [-0.05, 0) is 54.7 Å². The van der Waals surface area contributed by atoms with Crippen LogP contribution in [0.5, 0.6) is 0 Å². The molecule has 0 radical (unpaired) electrons. The zero-order chi connectivity index (χ0) is 25.0. The molecule has 0 spiro atoms. The molecule has 3 aliphatic rings. The first-order chi connectivity index (χ1) is 17.5. The van der Waals surface area contributed by atoms with Gasteiger partial charge in [-0.15, -0.1) is 0 Å². The van der Waals surface area contributed by atoms with Crippen LogP contribution in [0.3, 0.4) is 0 Å². The van der Waals surface area contributed by atoms with Crippen LogP contribution in [0.25, 0.3) is 0 Å². The smallest absolute Gasteiger partial charge is 0.261 e. The van der Waals surface area contributed by atoms with Crippen molar-refractivity contribution < 1.29 is 17.9 Å². The van der Waals surface area contributed by atoms with Crippen LogP contribution in [-0.2, 0) is 14.8 Å². The molecule has 194 valence electrons. The Morgan fingerprint density at radius 1 is 0.917 bits per heavy atom. The molecule has 1 saturated carbocycles. The number of benzene rings is 2. The second-order valence-corrected chi connectivity index (χ2v) is 11.6. The molecule has 2 saturated heterocycles. The summed E-state index contributed by atoms with van der Waals surface area (Å²) in [7, 11) is -3.83. The fourth-order valence-corrected chi connectivity index (χ4v) is 6.51. The van der Waals surface area contributed by atoms with Crippen molar-refractivity contribution in [3.8, 4) is 0 Å². The van der Waals surface area contributed by atoms with E-state index in [2.05, 4.69) is 14.9 Å². The number of amides is 1. The molecule has 0 bridgehead atoms. The van der Waals surface area contributed by atoms with Crippen molar-refractivity contribution in [2.75, 3.05) is 62.1 Å². The van der Waals surface area contributed by atoms with Gasteiger partial charge < -0.3 is 19.9 Å². The van der Waals surface area contributed by atoms with E-state index in [1.54, 1.807) is 29.2 Å². The molecule has 8 nitrogen and oxygen atoms in total. The lowest BCUT2D eigenvalue weighted by Gasteiger charge is -2.32. The fourth-order valence-electron chi connectivity index (χ4n) is 5.44.